The Morgan fingerprint density at radius 2 is 1.45 bits per heavy atom. The SMILES string of the molecule is O=C([O-])CCCCCCCCCOc1ccccc1.[K+]. The van der Waals surface area contributed by atoms with Crippen LogP contribution >= 0.6 is 0 Å². The van der Waals surface area contributed by atoms with Crippen LogP contribution in [0.2, 0.25) is 0 Å². The summed E-state index contributed by atoms with van der Waals surface area (Å²) in [6.07, 6.45) is 7.69. The molecule has 0 atom stereocenters. The van der Waals surface area contributed by atoms with Crippen LogP contribution < -0.4 is 61.2 Å². The number of unbranched alkanes of at least 4 members (excludes halogenated alkanes) is 6. The molecular formula is C16H23KO3. The van der Waals surface area contributed by atoms with Crippen LogP contribution in [0.5, 0.6) is 5.75 Å². The first kappa shape index (κ1) is 20.1. The number of rotatable bonds is 11. The summed E-state index contributed by atoms with van der Waals surface area (Å²) in [6.45, 7) is 0.773. The number of aliphatic carboxylic acids is 1. The summed E-state index contributed by atoms with van der Waals surface area (Å²) in [6, 6.07) is 9.87. The summed E-state index contributed by atoms with van der Waals surface area (Å²) >= 11 is 0. The van der Waals surface area contributed by atoms with Crippen molar-refractivity contribution in [3.63, 3.8) is 0 Å². The van der Waals surface area contributed by atoms with Crippen molar-refractivity contribution in [3.05, 3.63) is 30.3 Å². The molecule has 0 fully saturated rings. The van der Waals surface area contributed by atoms with Crippen LogP contribution in [0.25, 0.3) is 0 Å². The van der Waals surface area contributed by atoms with E-state index in [1.807, 2.05) is 30.3 Å². The van der Waals surface area contributed by atoms with Crippen molar-refractivity contribution in [2.24, 2.45) is 0 Å². The number of carbonyl (C=O) groups excluding carboxylic acids is 1. The predicted octanol–water partition coefficient (Wildman–Crippen LogP) is -0.0599. The molecule has 0 aliphatic carbocycles. The maximum absolute atomic E-state index is 10.2. The number of hydrogen-bond acceptors (Lipinski definition) is 3. The molecular weight excluding hydrogens is 279 g/mol. The number of benzene rings is 1. The van der Waals surface area contributed by atoms with Crippen LogP contribution in [0.3, 0.4) is 0 Å². The van der Waals surface area contributed by atoms with Crippen molar-refractivity contribution in [1.82, 2.24) is 0 Å². The molecule has 0 bridgehead atoms. The van der Waals surface area contributed by atoms with Gasteiger partial charge in [-0.3, -0.25) is 0 Å². The number of carboxylic acids is 1. The molecule has 20 heavy (non-hydrogen) atoms. The molecule has 0 spiro atoms. The zero-order chi connectivity index (χ0) is 13.8. The van der Waals surface area contributed by atoms with Gasteiger partial charge in [-0.2, -0.15) is 0 Å². The molecule has 0 aliphatic rings. The van der Waals surface area contributed by atoms with Crippen LogP contribution in [0.1, 0.15) is 51.4 Å². The van der Waals surface area contributed by atoms with E-state index in [-0.39, 0.29) is 57.8 Å². The second-order valence-electron chi connectivity index (χ2n) is 4.76. The number of para-hydroxylation sites is 1. The largest absolute Gasteiger partial charge is 1.00 e. The van der Waals surface area contributed by atoms with Gasteiger partial charge in [0.25, 0.3) is 0 Å². The molecule has 4 heteroatoms. The third kappa shape index (κ3) is 11.9. The maximum atomic E-state index is 10.2. The molecule has 0 amide bonds. The van der Waals surface area contributed by atoms with Gasteiger partial charge in [-0.1, -0.05) is 50.3 Å². The number of hydrogen-bond donors (Lipinski definition) is 0. The fraction of sp³-hybridized carbons (Fsp3) is 0.562. The summed E-state index contributed by atoms with van der Waals surface area (Å²) in [7, 11) is 0. The van der Waals surface area contributed by atoms with Crippen LogP contribution in [0, 0.1) is 0 Å². The van der Waals surface area contributed by atoms with Gasteiger partial charge in [0.05, 0.1) is 6.61 Å². The van der Waals surface area contributed by atoms with Gasteiger partial charge in [-0.15, -0.1) is 0 Å². The second-order valence-corrected chi connectivity index (χ2v) is 4.76. The minimum absolute atomic E-state index is 0. The molecule has 0 unspecified atom stereocenters. The minimum Gasteiger partial charge on any atom is -0.550 e. The van der Waals surface area contributed by atoms with Gasteiger partial charge in [0.1, 0.15) is 5.75 Å². The Morgan fingerprint density at radius 3 is 2.05 bits per heavy atom. The molecule has 0 heterocycles. The first-order valence-corrected chi connectivity index (χ1v) is 7.17. The van der Waals surface area contributed by atoms with E-state index in [1.54, 1.807) is 0 Å². The maximum Gasteiger partial charge on any atom is 1.00 e. The quantitative estimate of drug-likeness (QED) is 0.425. The number of carboxylic acid groups (broad SMARTS) is 1. The molecule has 1 aromatic carbocycles. The van der Waals surface area contributed by atoms with Crippen molar-refractivity contribution in [1.29, 1.82) is 0 Å². The van der Waals surface area contributed by atoms with Crippen molar-refractivity contribution < 1.29 is 66.0 Å². The van der Waals surface area contributed by atoms with E-state index < -0.39 is 5.97 Å². The van der Waals surface area contributed by atoms with E-state index in [9.17, 15) is 9.90 Å². The summed E-state index contributed by atoms with van der Waals surface area (Å²) < 4.78 is 5.61. The standard InChI is InChI=1S/C16H24O3.K/c17-16(18)13-9-4-2-1-3-5-10-14-19-15-11-7-6-8-12-15;/h6-8,11-12H,1-5,9-10,13-14H2,(H,17,18);/q;+1/p-1. The van der Waals surface area contributed by atoms with Gasteiger partial charge in [0, 0.05) is 5.97 Å². The summed E-state index contributed by atoms with van der Waals surface area (Å²) in [5, 5.41) is 10.2. The Kier molecular flexibility index (Phi) is 14.2. The zero-order valence-electron chi connectivity index (χ0n) is 12.5. The van der Waals surface area contributed by atoms with Gasteiger partial charge in [0.15, 0.2) is 0 Å². The average Bonchev–Trinajstić information content (AvgIpc) is 2.42. The van der Waals surface area contributed by atoms with Crippen molar-refractivity contribution in [2.45, 2.75) is 51.4 Å². The van der Waals surface area contributed by atoms with Crippen molar-refractivity contribution in [3.8, 4) is 5.75 Å². The Hall–Kier alpha value is 0.126. The second kappa shape index (κ2) is 14.1. The van der Waals surface area contributed by atoms with E-state index in [1.165, 1.54) is 19.3 Å². The van der Waals surface area contributed by atoms with Crippen LogP contribution in [-0.2, 0) is 4.79 Å². The fourth-order valence-corrected chi connectivity index (χ4v) is 1.96. The normalized spacial score (nSPS) is 9.80. The molecule has 0 N–H and O–H groups in total. The first-order valence-electron chi connectivity index (χ1n) is 7.17. The summed E-state index contributed by atoms with van der Waals surface area (Å²) in [5.74, 6) is 0.00263. The van der Waals surface area contributed by atoms with Gasteiger partial charge >= 0.3 is 51.4 Å². The van der Waals surface area contributed by atoms with E-state index in [0.717, 1.165) is 38.0 Å². The summed E-state index contributed by atoms with van der Waals surface area (Å²) in [4.78, 5) is 10.2. The topological polar surface area (TPSA) is 49.4 Å². The molecule has 0 saturated carbocycles. The van der Waals surface area contributed by atoms with Crippen LogP contribution in [0.4, 0.5) is 0 Å². The van der Waals surface area contributed by atoms with Crippen LogP contribution in [0.15, 0.2) is 30.3 Å². The van der Waals surface area contributed by atoms with Gasteiger partial charge in [0.2, 0.25) is 0 Å². The van der Waals surface area contributed by atoms with E-state index >= 15 is 0 Å². The van der Waals surface area contributed by atoms with E-state index in [4.69, 9.17) is 4.74 Å². The van der Waals surface area contributed by atoms with Crippen molar-refractivity contribution >= 4 is 5.97 Å². The third-order valence-electron chi connectivity index (χ3n) is 3.04. The Morgan fingerprint density at radius 1 is 0.900 bits per heavy atom. The summed E-state index contributed by atoms with van der Waals surface area (Å²) in [5.41, 5.74) is 0. The molecule has 0 saturated heterocycles. The number of ether oxygens (including phenoxy) is 1. The molecule has 1 aromatic rings. The fourth-order valence-electron chi connectivity index (χ4n) is 1.96. The Labute approximate surface area is 164 Å². The molecule has 106 valence electrons. The van der Waals surface area contributed by atoms with Crippen LogP contribution in [-0.4, -0.2) is 12.6 Å². The van der Waals surface area contributed by atoms with E-state index in [2.05, 4.69) is 0 Å². The zero-order valence-corrected chi connectivity index (χ0v) is 15.6. The molecule has 0 aliphatic heterocycles. The first-order chi connectivity index (χ1) is 9.29. The number of carbonyl (C=O) groups is 1. The predicted molar refractivity (Wildman–Crippen MR) is 73.9 cm³/mol. The monoisotopic (exact) mass is 302 g/mol. The smallest absolute Gasteiger partial charge is 0.550 e. The van der Waals surface area contributed by atoms with Gasteiger partial charge in [-0.05, 0) is 31.4 Å². The van der Waals surface area contributed by atoms with Gasteiger partial charge < -0.3 is 14.6 Å². The molecule has 1 rings (SSSR count). The molecule has 3 nitrogen and oxygen atoms in total. The Bertz CT molecular complexity index is 341. The average molecular weight is 302 g/mol. The molecule has 0 radical (unpaired) electrons. The Balaban J connectivity index is 0.00000361. The van der Waals surface area contributed by atoms with E-state index in [0.29, 0.717) is 0 Å². The van der Waals surface area contributed by atoms with Gasteiger partial charge in [-0.25, -0.2) is 0 Å². The molecule has 0 aromatic heterocycles. The minimum atomic E-state index is -0.932. The third-order valence-corrected chi connectivity index (χ3v) is 3.04. The van der Waals surface area contributed by atoms with Crippen molar-refractivity contribution in [2.75, 3.05) is 6.61 Å².